The minimum Gasteiger partial charge on any atom is -0.298 e. The summed E-state index contributed by atoms with van der Waals surface area (Å²) in [6, 6.07) is 37.5. The molecule has 5 aromatic rings. The lowest BCUT2D eigenvalue weighted by molar-refractivity contribution is 0.112. The minimum absolute atomic E-state index is 0.576. The second kappa shape index (κ2) is 10.8. The van der Waals surface area contributed by atoms with Crippen molar-refractivity contribution in [2.45, 2.75) is 0 Å². The van der Waals surface area contributed by atoms with Gasteiger partial charge in [-0.3, -0.25) is 4.79 Å². The topological polar surface area (TPSA) is 17.1 Å². The van der Waals surface area contributed by atoms with Crippen molar-refractivity contribution in [3.05, 3.63) is 154 Å². The Kier molecular flexibility index (Phi) is 6.72. The van der Waals surface area contributed by atoms with Crippen LogP contribution in [0.3, 0.4) is 0 Å². The molecule has 0 atom stereocenters. The average molecular weight is 457 g/mol. The van der Waals surface area contributed by atoms with Crippen LogP contribution in [0.15, 0.2) is 115 Å². The Morgan fingerprint density at radius 1 is 0.417 bits per heavy atom. The molecular weight excluding hydrogens is 436 g/mol. The van der Waals surface area contributed by atoms with Crippen molar-refractivity contribution in [3.8, 4) is 35.5 Å². The lowest BCUT2D eigenvalue weighted by atomic mass is 10.0. The van der Waals surface area contributed by atoms with Crippen molar-refractivity contribution >= 4 is 17.1 Å². The van der Waals surface area contributed by atoms with Crippen LogP contribution in [-0.2, 0) is 0 Å². The van der Waals surface area contributed by atoms with Crippen molar-refractivity contribution in [1.29, 1.82) is 0 Å². The van der Waals surface area contributed by atoms with E-state index in [-0.39, 0.29) is 0 Å². The third-order valence-electron chi connectivity index (χ3n) is 5.70. The number of hydrogen-bond donors (Lipinski definition) is 0. The lowest BCUT2D eigenvalue weighted by Crippen LogP contribution is -1.88. The first kappa shape index (κ1) is 22.5. The standard InChI is InChI=1S/C35H20O/c36-26-35-16-8-6-14-33(35)24-23-31-12-4-3-11-30(31)22-21-29-10-2-1-9-28(29)19-17-27-18-20-32-13-5-7-15-34(32)25-27/h1-16,18,20,25-26H. The van der Waals surface area contributed by atoms with E-state index in [9.17, 15) is 4.79 Å². The molecule has 0 amide bonds. The van der Waals surface area contributed by atoms with Gasteiger partial charge in [0.25, 0.3) is 0 Å². The minimum atomic E-state index is 0.576. The van der Waals surface area contributed by atoms with E-state index in [2.05, 4.69) is 59.8 Å². The second-order valence-electron chi connectivity index (χ2n) is 8.11. The molecule has 5 aromatic carbocycles. The quantitative estimate of drug-likeness (QED) is 0.199. The van der Waals surface area contributed by atoms with E-state index in [0.29, 0.717) is 11.1 Å². The van der Waals surface area contributed by atoms with Crippen LogP contribution >= 0.6 is 0 Å². The molecule has 0 aliphatic carbocycles. The van der Waals surface area contributed by atoms with Crippen LogP contribution in [0.5, 0.6) is 0 Å². The molecule has 0 saturated carbocycles. The van der Waals surface area contributed by atoms with Crippen LogP contribution in [0.25, 0.3) is 10.8 Å². The number of aldehydes is 1. The number of fused-ring (bicyclic) bond motifs is 1. The van der Waals surface area contributed by atoms with Crippen molar-refractivity contribution in [2.24, 2.45) is 0 Å². The fourth-order valence-electron chi connectivity index (χ4n) is 3.79. The maximum absolute atomic E-state index is 11.3. The average Bonchev–Trinajstić information content (AvgIpc) is 2.94. The molecule has 0 bridgehead atoms. The molecule has 0 aromatic heterocycles. The Morgan fingerprint density at radius 3 is 1.44 bits per heavy atom. The summed E-state index contributed by atoms with van der Waals surface area (Å²) in [5, 5.41) is 2.37. The predicted molar refractivity (Wildman–Crippen MR) is 147 cm³/mol. The summed E-state index contributed by atoms with van der Waals surface area (Å²) in [7, 11) is 0. The summed E-state index contributed by atoms with van der Waals surface area (Å²) < 4.78 is 0. The van der Waals surface area contributed by atoms with Crippen LogP contribution < -0.4 is 0 Å². The highest BCUT2D eigenvalue weighted by atomic mass is 16.1. The van der Waals surface area contributed by atoms with Gasteiger partial charge in [0.1, 0.15) is 0 Å². The van der Waals surface area contributed by atoms with E-state index in [1.807, 2.05) is 84.9 Å². The molecular formula is C35H20O. The second-order valence-corrected chi connectivity index (χ2v) is 8.11. The van der Waals surface area contributed by atoms with Crippen LogP contribution in [-0.4, -0.2) is 6.29 Å². The van der Waals surface area contributed by atoms with Crippen molar-refractivity contribution in [2.75, 3.05) is 0 Å². The zero-order valence-electron chi connectivity index (χ0n) is 19.5. The molecule has 0 radical (unpaired) electrons. The van der Waals surface area contributed by atoms with Gasteiger partial charge in [-0.15, -0.1) is 0 Å². The Labute approximate surface area is 211 Å². The predicted octanol–water partition coefficient (Wildman–Crippen LogP) is 6.85. The first-order chi connectivity index (χ1) is 17.8. The summed E-state index contributed by atoms with van der Waals surface area (Å²) in [6.07, 6.45) is 0.825. The third kappa shape index (κ3) is 5.26. The largest absolute Gasteiger partial charge is 0.298 e. The molecule has 1 nitrogen and oxygen atoms in total. The molecule has 0 saturated heterocycles. The van der Waals surface area contributed by atoms with E-state index in [1.54, 1.807) is 6.07 Å². The van der Waals surface area contributed by atoms with Gasteiger partial charge in [-0.1, -0.05) is 108 Å². The van der Waals surface area contributed by atoms with Gasteiger partial charge < -0.3 is 0 Å². The van der Waals surface area contributed by atoms with Gasteiger partial charge in [0.15, 0.2) is 6.29 Å². The molecule has 0 aliphatic rings. The van der Waals surface area contributed by atoms with Crippen molar-refractivity contribution < 1.29 is 4.79 Å². The van der Waals surface area contributed by atoms with E-state index < -0.39 is 0 Å². The summed E-state index contributed by atoms with van der Waals surface area (Å²) in [4.78, 5) is 11.3. The molecule has 0 fully saturated rings. The van der Waals surface area contributed by atoms with Crippen LogP contribution in [0.4, 0.5) is 0 Å². The van der Waals surface area contributed by atoms with Gasteiger partial charge in [-0.2, -0.15) is 0 Å². The molecule has 5 rings (SSSR count). The fourth-order valence-corrected chi connectivity index (χ4v) is 3.79. The number of benzene rings is 5. The zero-order chi connectivity index (χ0) is 24.6. The SMILES string of the molecule is O=Cc1ccccc1C#Cc1ccccc1C#Cc1ccccc1C#Cc1ccc2ccccc2c1. The molecule has 36 heavy (non-hydrogen) atoms. The summed E-state index contributed by atoms with van der Waals surface area (Å²) in [5.41, 5.74) is 5.61. The first-order valence-electron chi connectivity index (χ1n) is 11.6. The van der Waals surface area contributed by atoms with Crippen LogP contribution in [0, 0.1) is 35.5 Å². The highest BCUT2D eigenvalue weighted by Gasteiger charge is 2.00. The van der Waals surface area contributed by atoms with Crippen molar-refractivity contribution in [3.63, 3.8) is 0 Å². The smallest absolute Gasteiger partial charge is 0.151 e. The molecule has 0 spiro atoms. The van der Waals surface area contributed by atoms with Gasteiger partial charge in [-0.25, -0.2) is 0 Å². The molecule has 0 N–H and O–H groups in total. The maximum Gasteiger partial charge on any atom is 0.151 e. The number of hydrogen-bond acceptors (Lipinski definition) is 1. The number of carbonyl (C=O) groups excluding carboxylic acids is 1. The van der Waals surface area contributed by atoms with E-state index in [4.69, 9.17) is 0 Å². The highest BCUT2D eigenvalue weighted by molar-refractivity contribution is 5.84. The Balaban J connectivity index is 1.46. The number of carbonyl (C=O) groups is 1. The lowest BCUT2D eigenvalue weighted by Gasteiger charge is -1.99. The van der Waals surface area contributed by atoms with Crippen molar-refractivity contribution in [1.82, 2.24) is 0 Å². The maximum atomic E-state index is 11.3. The van der Waals surface area contributed by atoms with Gasteiger partial charge >= 0.3 is 0 Å². The monoisotopic (exact) mass is 456 g/mol. The zero-order valence-corrected chi connectivity index (χ0v) is 19.5. The van der Waals surface area contributed by atoms with Crippen LogP contribution in [0.2, 0.25) is 0 Å². The van der Waals surface area contributed by atoms with Crippen LogP contribution in [0.1, 0.15) is 43.7 Å². The van der Waals surface area contributed by atoms with Gasteiger partial charge in [-0.05, 0) is 53.2 Å². The van der Waals surface area contributed by atoms with E-state index >= 15 is 0 Å². The molecule has 166 valence electrons. The summed E-state index contributed by atoms with van der Waals surface area (Å²) >= 11 is 0. The molecule has 0 heterocycles. The molecule has 0 aliphatic heterocycles. The Hall–Kier alpha value is -5.29. The van der Waals surface area contributed by atoms with E-state index in [1.165, 1.54) is 10.8 Å². The summed E-state index contributed by atoms with van der Waals surface area (Å²) in [5.74, 6) is 19.4. The van der Waals surface area contributed by atoms with Gasteiger partial charge in [0, 0.05) is 38.9 Å². The third-order valence-corrected chi connectivity index (χ3v) is 5.70. The Bertz CT molecular complexity index is 1770. The molecule has 0 unspecified atom stereocenters. The number of rotatable bonds is 1. The van der Waals surface area contributed by atoms with E-state index in [0.717, 1.165) is 34.1 Å². The highest BCUT2D eigenvalue weighted by Crippen LogP contribution is 2.15. The fraction of sp³-hybridized carbons (Fsp3) is 0. The normalized spacial score (nSPS) is 9.67. The summed E-state index contributed by atoms with van der Waals surface area (Å²) in [6.45, 7) is 0. The van der Waals surface area contributed by atoms with Gasteiger partial charge in [0.05, 0.1) is 0 Å². The Morgan fingerprint density at radius 2 is 0.861 bits per heavy atom. The first-order valence-corrected chi connectivity index (χ1v) is 11.6. The molecule has 1 heteroatoms. The van der Waals surface area contributed by atoms with Gasteiger partial charge in [0.2, 0.25) is 0 Å².